The van der Waals surface area contributed by atoms with Crippen LogP contribution < -0.4 is 0 Å². The van der Waals surface area contributed by atoms with Gasteiger partial charge >= 0.3 is 0 Å². The van der Waals surface area contributed by atoms with E-state index in [0.29, 0.717) is 23.2 Å². The highest BCUT2D eigenvalue weighted by atomic mass is 16.3. The molecule has 0 fully saturated rings. The standard InChI is InChI=1S/C46H26N6O/c47-27-28-21-23-41(51-37-16-6-1-11-30(37)31-12-2-7-17-38(31)51)36(25-28)45-48-44(29-22-24-43-35(26-29)34-15-5-10-20-42(34)53-43)49-46(50-45)52-39-18-8-3-13-32(39)33-14-4-9-19-40(33)52/h1-26H. The van der Waals surface area contributed by atoms with Crippen LogP contribution >= 0.6 is 0 Å². The maximum atomic E-state index is 10.2. The Bertz CT molecular complexity index is 3220. The molecule has 7 heteroatoms. The number of nitrogens with zero attached hydrogens (tertiary/aromatic N) is 6. The largest absolute Gasteiger partial charge is 0.456 e. The number of nitriles is 1. The highest BCUT2D eigenvalue weighted by Crippen LogP contribution is 2.38. The van der Waals surface area contributed by atoms with Crippen molar-refractivity contribution < 1.29 is 4.42 Å². The minimum Gasteiger partial charge on any atom is -0.456 e. The van der Waals surface area contributed by atoms with E-state index in [9.17, 15) is 5.26 Å². The van der Waals surface area contributed by atoms with Crippen molar-refractivity contribution in [3.05, 3.63) is 163 Å². The van der Waals surface area contributed by atoms with Gasteiger partial charge in [-0.05, 0) is 66.7 Å². The van der Waals surface area contributed by atoms with Gasteiger partial charge in [0, 0.05) is 43.4 Å². The molecule has 4 aromatic heterocycles. The lowest BCUT2D eigenvalue weighted by atomic mass is 10.1. The number of benzene rings is 7. The fraction of sp³-hybridized carbons (Fsp3) is 0. The molecule has 7 nitrogen and oxygen atoms in total. The summed E-state index contributed by atoms with van der Waals surface area (Å²) in [6.07, 6.45) is 0. The molecule has 11 rings (SSSR count). The monoisotopic (exact) mass is 678 g/mol. The second-order valence-electron chi connectivity index (χ2n) is 13.2. The van der Waals surface area contributed by atoms with Crippen molar-refractivity contribution in [3.8, 4) is 40.5 Å². The van der Waals surface area contributed by atoms with Crippen LogP contribution in [0.3, 0.4) is 0 Å². The number of aromatic nitrogens is 5. The molecule has 53 heavy (non-hydrogen) atoms. The van der Waals surface area contributed by atoms with E-state index >= 15 is 0 Å². The molecule has 11 aromatic rings. The van der Waals surface area contributed by atoms with Gasteiger partial charge in [-0.15, -0.1) is 0 Å². The lowest BCUT2D eigenvalue weighted by Gasteiger charge is -2.15. The molecule has 0 atom stereocenters. The van der Waals surface area contributed by atoms with E-state index in [2.05, 4.69) is 112 Å². The molecule has 7 aromatic carbocycles. The van der Waals surface area contributed by atoms with Gasteiger partial charge in [0.1, 0.15) is 11.2 Å². The molecule has 0 spiro atoms. The molecule has 246 valence electrons. The van der Waals surface area contributed by atoms with Crippen molar-refractivity contribution in [2.75, 3.05) is 0 Å². The van der Waals surface area contributed by atoms with Crippen LogP contribution in [0, 0.1) is 11.3 Å². The van der Waals surface area contributed by atoms with E-state index < -0.39 is 0 Å². The SMILES string of the molecule is N#Cc1ccc(-n2c3ccccc3c3ccccc32)c(-c2nc(-c3ccc4oc5ccccc5c4c3)nc(-n3c4ccccc4c4ccccc43)n2)c1. The van der Waals surface area contributed by atoms with Crippen molar-refractivity contribution in [1.82, 2.24) is 24.1 Å². The van der Waals surface area contributed by atoms with Crippen LogP contribution in [0.15, 0.2) is 162 Å². The topological polar surface area (TPSA) is 85.5 Å². The zero-order valence-electron chi connectivity index (χ0n) is 28.1. The second kappa shape index (κ2) is 11.2. The molecule has 0 bridgehead atoms. The summed E-state index contributed by atoms with van der Waals surface area (Å²) in [4.78, 5) is 15.7. The molecule has 0 amide bonds. The number of hydrogen-bond donors (Lipinski definition) is 0. The second-order valence-corrected chi connectivity index (χ2v) is 13.2. The molecule has 0 aliphatic carbocycles. The quantitative estimate of drug-likeness (QED) is 0.185. The van der Waals surface area contributed by atoms with Gasteiger partial charge in [-0.25, -0.2) is 4.98 Å². The molecule has 0 N–H and O–H groups in total. The zero-order chi connectivity index (χ0) is 35.0. The van der Waals surface area contributed by atoms with Gasteiger partial charge in [0.15, 0.2) is 11.6 Å². The molecular formula is C46H26N6O. The van der Waals surface area contributed by atoms with Crippen LogP contribution in [0.5, 0.6) is 0 Å². The van der Waals surface area contributed by atoms with Crippen LogP contribution in [0.1, 0.15) is 5.56 Å². The summed E-state index contributed by atoms with van der Waals surface area (Å²) in [5, 5.41) is 16.7. The third-order valence-electron chi connectivity index (χ3n) is 10.2. The normalized spacial score (nSPS) is 11.8. The molecule has 0 aliphatic rings. The van der Waals surface area contributed by atoms with E-state index in [1.54, 1.807) is 0 Å². The molecule has 0 unspecified atom stereocenters. The Kier molecular flexibility index (Phi) is 6.18. The summed E-state index contributed by atoms with van der Waals surface area (Å²) in [6.45, 7) is 0. The van der Waals surface area contributed by atoms with E-state index in [1.165, 1.54) is 0 Å². The molecular weight excluding hydrogens is 653 g/mol. The predicted molar refractivity (Wildman–Crippen MR) is 211 cm³/mol. The van der Waals surface area contributed by atoms with Gasteiger partial charge in [-0.2, -0.15) is 15.2 Å². The lowest BCUT2D eigenvalue weighted by Crippen LogP contribution is -2.08. The minimum atomic E-state index is 0.456. The van der Waals surface area contributed by atoms with Crippen LogP contribution in [-0.2, 0) is 0 Å². The van der Waals surface area contributed by atoms with Gasteiger partial charge in [-0.3, -0.25) is 4.57 Å². The number of rotatable bonds is 4. The highest BCUT2D eigenvalue weighted by molar-refractivity contribution is 6.11. The first-order chi connectivity index (χ1) is 26.2. The Morgan fingerprint density at radius 3 is 1.60 bits per heavy atom. The Balaban J connectivity index is 1.24. The number of fused-ring (bicyclic) bond motifs is 9. The Morgan fingerprint density at radius 1 is 0.453 bits per heavy atom. The van der Waals surface area contributed by atoms with Crippen LogP contribution in [0.2, 0.25) is 0 Å². The average molecular weight is 679 g/mol. The van der Waals surface area contributed by atoms with E-state index in [-0.39, 0.29) is 0 Å². The summed E-state index contributed by atoms with van der Waals surface area (Å²) < 4.78 is 10.5. The van der Waals surface area contributed by atoms with Crippen molar-refractivity contribution >= 4 is 65.6 Å². The Labute approximate surface area is 302 Å². The summed E-state index contributed by atoms with van der Waals surface area (Å²) in [5.41, 5.74) is 8.61. The van der Waals surface area contributed by atoms with E-state index in [0.717, 1.165) is 82.4 Å². The van der Waals surface area contributed by atoms with E-state index in [1.807, 2.05) is 60.7 Å². The Morgan fingerprint density at radius 2 is 0.981 bits per heavy atom. The van der Waals surface area contributed by atoms with Crippen molar-refractivity contribution in [2.45, 2.75) is 0 Å². The first-order valence-electron chi connectivity index (χ1n) is 17.4. The third-order valence-corrected chi connectivity index (χ3v) is 10.2. The van der Waals surface area contributed by atoms with Crippen LogP contribution in [0.4, 0.5) is 0 Å². The minimum absolute atomic E-state index is 0.456. The zero-order valence-corrected chi connectivity index (χ0v) is 28.1. The fourth-order valence-corrected chi connectivity index (χ4v) is 7.88. The number of furan rings is 1. The van der Waals surface area contributed by atoms with Crippen LogP contribution in [-0.4, -0.2) is 24.1 Å². The molecule has 0 saturated heterocycles. The number of hydrogen-bond acceptors (Lipinski definition) is 5. The maximum Gasteiger partial charge on any atom is 0.238 e. The lowest BCUT2D eigenvalue weighted by molar-refractivity contribution is 0.669. The smallest absolute Gasteiger partial charge is 0.238 e. The first kappa shape index (κ1) is 29.2. The van der Waals surface area contributed by atoms with Gasteiger partial charge in [0.2, 0.25) is 5.95 Å². The molecule has 4 heterocycles. The summed E-state index contributed by atoms with van der Waals surface area (Å²) in [7, 11) is 0. The summed E-state index contributed by atoms with van der Waals surface area (Å²) >= 11 is 0. The molecule has 0 saturated carbocycles. The third kappa shape index (κ3) is 4.36. The summed E-state index contributed by atoms with van der Waals surface area (Å²) in [5.74, 6) is 1.45. The van der Waals surface area contributed by atoms with E-state index in [4.69, 9.17) is 19.4 Å². The first-order valence-corrected chi connectivity index (χ1v) is 17.4. The van der Waals surface area contributed by atoms with Gasteiger partial charge < -0.3 is 8.98 Å². The number of para-hydroxylation sites is 5. The van der Waals surface area contributed by atoms with Crippen molar-refractivity contribution in [2.24, 2.45) is 0 Å². The van der Waals surface area contributed by atoms with Gasteiger partial charge in [0.25, 0.3) is 0 Å². The highest BCUT2D eigenvalue weighted by Gasteiger charge is 2.22. The van der Waals surface area contributed by atoms with Crippen molar-refractivity contribution in [3.63, 3.8) is 0 Å². The molecule has 0 aliphatic heterocycles. The van der Waals surface area contributed by atoms with Gasteiger partial charge in [-0.1, -0.05) is 91.0 Å². The van der Waals surface area contributed by atoms with Gasteiger partial charge in [0.05, 0.1) is 39.4 Å². The Hall–Kier alpha value is -7.56. The summed E-state index contributed by atoms with van der Waals surface area (Å²) in [6, 6.07) is 55.7. The predicted octanol–water partition coefficient (Wildman–Crippen LogP) is 11.2. The van der Waals surface area contributed by atoms with Crippen molar-refractivity contribution in [1.29, 1.82) is 5.26 Å². The maximum absolute atomic E-state index is 10.2. The average Bonchev–Trinajstić information content (AvgIpc) is 3.88. The molecule has 0 radical (unpaired) electrons. The fourth-order valence-electron chi connectivity index (χ4n) is 7.88. The van der Waals surface area contributed by atoms with Crippen LogP contribution in [0.25, 0.3) is 100.0 Å².